The number of carbonyl (C=O) groups is 2. The van der Waals surface area contributed by atoms with Crippen molar-refractivity contribution < 1.29 is 66.5 Å². The molecule has 2 saturated heterocycles. The van der Waals surface area contributed by atoms with Gasteiger partial charge in [0.25, 0.3) is 0 Å². The van der Waals surface area contributed by atoms with Crippen LogP contribution in [0.25, 0.3) is 0 Å². The Morgan fingerprint density at radius 3 is 2.09 bits per heavy atom. The predicted molar refractivity (Wildman–Crippen MR) is 98.8 cm³/mol. The largest absolute Gasteiger partial charge is 0.397 e. The molecule has 2 heterocycles. The maximum atomic E-state index is 11.6. The monoisotopic (exact) mass is 489 g/mol. The van der Waals surface area contributed by atoms with Crippen molar-refractivity contribution in [2.45, 2.75) is 81.6 Å². The first-order chi connectivity index (χ1) is 14.7. The van der Waals surface area contributed by atoms with Gasteiger partial charge in [0.1, 0.15) is 48.4 Å². The summed E-state index contributed by atoms with van der Waals surface area (Å²) in [6.45, 7) is 1.31. The fourth-order valence-electron chi connectivity index (χ4n) is 3.51. The van der Waals surface area contributed by atoms with Gasteiger partial charge in [0.05, 0.1) is 12.7 Å². The molecular formula is C16H27NO14S. The third-order valence-corrected chi connectivity index (χ3v) is 5.36. The van der Waals surface area contributed by atoms with Gasteiger partial charge in [-0.05, 0) is 6.92 Å². The van der Waals surface area contributed by atoms with Crippen LogP contribution in [0.15, 0.2) is 0 Å². The van der Waals surface area contributed by atoms with Crippen molar-refractivity contribution in [3.63, 3.8) is 0 Å². The lowest BCUT2D eigenvalue weighted by molar-refractivity contribution is -0.336. The van der Waals surface area contributed by atoms with Crippen molar-refractivity contribution in [3.05, 3.63) is 0 Å². The standard InChI is InChI=1S/C16H27NO14S/c1-5(19)3-7-10(21)11(22)12(23)16(29-7)30-14-9(17-6(2)20)15(24)28-8(4-18)13(14)31-32(25,26)27/h7-16,18,21-24H,3-4H2,1-2H3,(H,17,20)(H,25,26,27)/t7-,8-,9+,10-,11-,12-,13-,14+,15-,16+/m0/s1. The van der Waals surface area contributed by atoms with E-state index in [0.717, 1.165) is 6.92 Å². The van der Waals surface area contributed by atoms with Gasteiger partial charge in [-0.3, -0.25) is 14.1 Å². The fraction of sp³-hybridized carbons (Fsp3) is 0.875. The van der Waals surface area contributed by atoms with E-state index in [1.807, 2.05) is 0 Å². The van der Waals surface area contributed by atoms with Crippen LogP contribution >= 0.6 is 0 Å². The fourth-order valence-corrected chi connectivity index (χ4v) is 4.02. The van der Waals surface area contributed by atoms with Crippen molar-refractivity contribution in [3.8, 4) is 0 Å². The second-order valence-corrected chi connectivity index (χ2v) is 8.53. The number of carbonyl (C=O) groups excluding carboxylic acids is 2. The summed E-state index contributed by atoms with van der Waals surface area (Å²) in [6.07, 6.45) is -16.1. The molecule has 0 unspecified atom stereocenters. The third-order valence-electron chi connectivity index (χ3n) is 4.90. The number of rotatable bonds is 8. The first-order valence-corrected chi connectivity index (χ1v) is 10.8. The summed E-state index contributed by atoms with van der Waals surface area (Å²) in [4.78, 5) is 23.0. The first-order valence-electron chi connectivity index (χ1n) is 9.47. The highest BCUT2D eigenvalue weighted by atomic mass is 32.3. The van der Waals surface area contributed by atoms with Crippen LogP contribution in [-0.4, -0.2) is 118 Å². The number of ketones is 1. The number of hydrogen-bond donors (Lipinski definition) is 7. The molecule has 15 nitrogen and oxygen atoms in total. The lowest BCUT2D eigenvalue weighted by Crippen LogP contribution is -2.68. The molecule has 1 amide bonds. The lowest BCUT2D eigenvalue weighted by Gasteiger charge is -2.47. The van der Waals surface area contributed by atoms with Crippen LogP contribution in [0.2, 0.25) is 0 Å². The average molecular weight is 489 g/mol. The molecule has 0 saturated carbocycles. The number of hydrogen-bond acceptors (Lipinski definition) is 13. The Morgan fingerprint density at radius 1 is 0.969 bits per heavy atom. The molecule has 186 valence electrons. The van der Waals surface area contributed by atoms with Crippen molar-refractivity contribution >= 4 is 22.1 Å². The summed E-state index contributed by atoms with van der Waals surface area (Å²) in [5.41, 5.74) is 0. The minimum atomic E-state index is -5.17. The molecule has 0 spiro atoms. The van der Waals surface area contributed by atoms with Gasteiger partial charge < -0.3 is 45.1 Å². The van der Waals surface area contributed by atoms with Gasteiger partial charge in [-0.2, -0.15) is 8.42 Å². The van der Waals surface area contributed by atoms with E-state index in [-0.39, 0.29) is 6.42 Å². The quantitative estimate of drug-likeness (QED) is 0.159. The van der Waals surface area contributed by atoms with Crippen LogP contribution in [0, 0.1) is 0 Å². The Hall–Kier alpha value is -1.31. The molecule has 16 heteroatoms. The van der Waals surface area contributed by atoms with E-state index in [4.69, 9.17) is 18.8 Å². The Bertz CT molecular complexity index is 777. The molecule has 0 bridgehead atoms. The van der Waals surface area contributed by atoms with Gasteiger partial charge in [0, 0.05) is 13.3 Å². The topological polar surface area (TPSA) is 239 Å². The highest BCUT2D eigenvalue weighted by Gasteiger charge is 2.53. The molecule has 0 aliphatic carbocycles. The number of nitrogens with one attached hydrogen (secondary N) is 1. The number of aliphatic hydroxyl groups is 5. The lowest BCUT2D eigenvalue weighted by atomic mass is 9.94. The van der Waals surface area contributed by atoms with Crippen LogP contribution in [0.1, 0.15) is 20.3 Å². The zero-order valence-electron chi connectivity index (χ0n) is 17.0. The number of Topliss-reactive ketones (excluding diaryl/α,β-unsaturated/α-hetero) is 1. The molecule has 2 aliphatic rings. The molecule has 0 aromatic carbocycles. The Kier molecular flexibility index (Phi) is 9.05. The maximum absolute atomic E-state index is 11.6. The van der Waals surface area contributed by atoms with Gasteiger partial charge >= 0.3 is 10.4 Å². The smallest absolute Gasteiger partial charge is 0.394 e. The van der Waals surface area contributed by atoms with E-state index in [1.165, 1.54) is 6.92 Å². The summed E-state index contributed by atoms with van der Waals surface area (Å²) in [5.74, 6) is -1.16. The minimum Gasteiger partial charge on any atom is -0.394 e. The second-order valence-electron chi connectivity index (χ2n) is 7.48. The third kappa shape index (κ3) is 6.61. The average Bonchev–Trinajstić information content (AvgIpc) is 2.66. The molecule has 10 atom stereocenters. The highest BCUT2D eigenvalue weighted by Crippen LogP contribution is 2.31. The Balaban J connectivity index is 2.40. The maximum Gasteiger partial charge on any atom is 0.397 e. The van der Waals surface area contributed by atoms with Crippen molar-refractivity contribution in [1.82, 2.24) is 5.32 Å². The molecule has 32 heavy (non-hydrogen) atoms. The molecule has 2 rings (SSSR count). The number of ether oxygens (including phenoxy) is 3. The van der Waals surface area contributed by atoms with Crippen molar-refractivity contribution in [2.75, 3.05) is 6.61 Å². The summed E-state index contributed by atoms with van der Waals surface area (Å²) in [7, 11) is -5.17. The van der Waals surface area contributed by atoms with E-state index in [2.05, 4.69) is 9.50 Å². The second kappa shape index (κ2) is 10.7. The van der Waals surface area contributed by atoms with E-state index in [1.54, 1.807) is 0 Å². The van der Waals surface area contributed by atoms with Crippen LogP contribution in [-0.2, 0) is 38.4 Å². The van der Waals surface area contributed by atoms with E-state index < -0.39 is 90.0 Å². The Labute approximate surface area is 182 Å². The van der Waals surface area contributed by atoms with E-state index in [0.29, 0.717) is 0 Å². The minimum absolute atomic E-state index is 0.374. The zero-order valence-corrected chi connectivity index (χ0v) is 17.9. The van der Waals surface area contributed by atoms with Crippen molar-refractivity contribution in [2.24, 2.45) is 0 Å². The molecule has 0 aromatic rings. The van der Waals surface area contributed by atoms with Gasteiger partial charge in [-0.15, -0.1) is 0 Å². The number of aliphatic hydroxyl groups excluding tert-OH is 5. The Morgan fingerprint density at radius 2 is 1.59 bits per heavy atom. The molecule has 7 N–H and O–H groups in total. The van der Waals surface area contributed by atoms with Gasteiger partial charge in [-0.1, -0.05) is 0 Å². The van der Waals surface area contributed by atoms with Gasteiger partial charge in [0.15, 0.2) is 12.6 Å². The van der Waals surface area contributed by atoms with Crippen LogP contribution in [0.3, 0.4) is 0 Å². The predicted octanol–water partition coefficient (Wildman–Crippen LogP) is -4.44. The van der Waals surface area contributed by atoms with Crippen LogP contribution < -0.4 is 5.32 Å². The van der Waals surface area contributed by atoms with Crippen LogP contribution in [0.4, 0.5) is 0 Å². The molecular weight excluding hydrogens is 462 g/mol. The molecule has 0 radical (unpaired) electrons. The van der Waals surface area contributed by atoms with Gasteiger partial charge in [0.2, 0.25) is 5.91 Å². The first kappa shape index (κ1) is 26.9. The summed E-state index contributed by atoms with van der Waals surface area (Å²) in [5, 5.41) is 52.4. The van der Waals surface area contributed by atoms with Crippen molar-refractivity contribution in [1.29, 1.82) is 0 Å². The zero-order chi connectivity index (χ0) is 24.4. The van der Waals surface area contributed by atoms with E-state index in [9.17, 15) is 43.5 Å². The molecule has 2 fully saturated rings. The van der Waals surface area contributed by atoms with Crippen LogP contribution in [0.5, 0.6) is 0 Å². The summed E-state index contributed by atoms with van der Waals surface area (Å²) >= 11 is 0. The van der Waals surface area contributed by atoms with E-state index >= 15 is 0 Å². The highest BCUT2D eigenvalue weighted by molar-refractivity contribution is 7.80. The SMILES string of the molecule is CC(=O)C[C@@H]1O[C@H](O[C@@H]2[C@@H](NC(C)=O)[C@@H](O)O[C@@H](CO)[C@@H]2OS(=O)(=O)O)[C@@H](O)[C@@H](O)[C@H]1O. The summed E-state index contributed by atoms with van der Waals surface area (Å²) in [6, 6.07) is -1.56. The summed E-state index contributed by atoms with van der Waals surface area (Å²) < 4.78 is 52.3. The van der Waals surface area contributed by atoms with Gasteiger partial charge in [-0.25, -0.2) is 4.18 Å². The molecule has 2 aliphatic heterocycles. The number of amides is 1. The normalized spacial score (nSPS) is 40.6. The molecule has 0 aromatic heterocycles.